The fourth-order valence-electron chi connectivity index (χ4n) is 4.02. The SMILES string of the molecule is CCCC(c1ccc(O)c(C(CCC)N(CC)CC)c1)N(CC)CC. The molecule has 1 N–H and O–H groups in total. The van der Waals surface area contributed by atoms with Gasteiger partial charge in [-0.05, 0) is 56.7 Å². The van der Waals surface area contributed by atoms with Crippen molar-refractivity contribution >= 4 is 0 Å². The molecule has 2 atom stereocenters. The van der Waals surface area contributed by atoms with Gasteiger partial charge in [-0.15, -0.1) is 0 Å². The third-order valence-electron chi connectivity index (χ3n) is 5.43. The molecular formula is C22H40N2O. The van der Waals surface area contributed by atoms with Crippen LogP contribution in [0.1, 0.15) is 90.4 Å². The van der Waals surface area contributed by atoms with Crippen molar-refractivity contribution in [2.45, 2.75) is 79.3 Å². The molecule has 144 valence electrons. The Balaban J connectivity index is 3.30. The second-order valence-electron chi connectivity index (χ2n) is 6.87. The quantitative estimate of drug-likeness (QED) is 0.520. The molecule has 2 unspecified atom stereocenters. The summed E-state index contributed by atoms with van der Waals surface area (Å²) >= 11 is 0. The normalized spacial score (nSPS) is 14.2. The summed E-state index contributed by atoms with van der Waals surface area (Å²) in [5.74, 6) is 0.448. The summed E-state index contributed by atoms with van der Waals surface area (Å²) in [5.41, 5.74) is 2.46. The van der Waals surface area contributed by atoms with Crippen molar-refractivity contribution in [1.29, 1.82) is 0 Å². The van der Waals surface area contributed by atoms with Crippen molar-refractivity contribution in [3.63, 3.8) is 0 Å². The number of aromatic hydroxyl groups is 1. The highest BCUT2D eigenvalue weighted by Gasteiger charge is 2.23. The minimum Gasteiger partial charge on any atom is -0.508 e. The van der Waals surface area contributed by atoms with Crippen molar-refractivity contribution in [2.75, 3.05) is 26.2 Å². The monoisotopic (exact) mass is 348 g/mol. The lowest BCUT2D eigenvalue weighted by Gasteiger charge is -2.33. The summed E-state index contributed by atoms with van der Waals surface area (Å²) in [6.45, 7) is 17.5. The van der Waals surface area contributed by atoms with Gasteiger partial charge in [0.1, 0.15) is 5.75 Å². The maximum Gasteiger partial charge on any atom is 0.120 e. The van der Waals surface area contributed by atoms with E-state index in [1.807, 2.05) is 6.07 Å². The van der Waals surface area contributed by atoms with E-state index in [4.69, 9.17) is 0 Å². The van der Waals surface area contributed by atoms with E-state index in [0.717, 1.165) is 51.0 Å². The number of phenolic OH excluding ortho intramolecular Hbond substituents is 1. The lowest BCUT2D eigenvalue weighted by atomic mass is 9.93. The van der Waals surface area contributed by atoms with E-state index in [0.29, 0.717) is 17.8 Å². The summed E-state index contributed by atoms with van der Waals surface area (Å²) in [6.07, 6.45) is 4.54. The fourth-order valence-corrected chi connectivity index (χ4v) is 4.02. The van der Waals surface area contributed by atoms with Crippen LogP contribution in [-0.2, 0) is 0 Å². The number of hydrogen-bond acceptors (Lipinski definition) is 3. The van der Waals surface area contributed by atoms with Crippen LogP contribution in [-0.4, -0.2) is 41.1 Å². The molecule has 0 aromatic heterocycles. The molecule has 1 rings (SSSR count). The summed E-state index contributed by atoms with van der Waals surface area (Å²) in [6, 6.07) is 7.08. The van der Waals surface area contributed by atoms with Crippen LogP contribution < -0.4 is 0 Å². The molecule has 0 heterocycles. The van der Waals surface area contributed by atoms with E-state index < -0.39 is 0 Å². The summed E-state index contributed by atoms with van der Waals surface area (Å²) in [7, 11) is 0. The molecule has 0 spiro atoms. The highest BCUT2D eigenvalue weighted by atomic mass is 16.3. The highest BCUT2D eigenvalue weighted by molar-refractivity contribution is 5.39. The Morgan fingerprint density at radius 3 is 1.72 bits per heavy atom. The first kappa shape index (κ1) is 22.0. The lowest BCUT2D eigenvalue weighted by Crippen LogP contribution is -2.30. The Kier molecular flexibility index (Phi) is 10.1. The van der Waals surface area contributed by atoms with Crippen LogP contribution in [0.2, 0.25) is 0 Å². The fraction of sp³-hybridized carbons (Fsp3) is 0.727. The molecule has 0 radical (unpaired) electrons. The first-order valence-corrected chi connectivity index (χ1v) is 10.4. The van der Waals surface area contributed by atoms with E-state index in [9.17, 15) is 5.11 Å². The number of phenols is 1. The van der Waals surface area contributed by atoms with Crippen molar-refractivity contribution in [2.24, 2.45) is 0 Å². The highest BCUT2D eigenvalue weighted by Crippen LogP contribution is 2.36. The summed E-state index contributed by atoms with van der Waals surface area (Å²) < 4.78 is 0. The van der Waals surface area contributed by atoms with E-state index in [2.05, 4.69) is 63.5 Å². The standard InChI is InChI=1S/C22H40N2O/c1-7-13-20(23(9-3)10-4)18-15-16-22(25)19(17-18)21(14-8-2)24(11-5)12-6/h15-17,20-21,25H,7-14H2,1-6H3. The minimum absolute atomic E-state index is 0.305. The molecule has 25 heavy (non-hydrogen) atoms. The molecular weight excluding hydrogens is 308 g/mol. The number of nitrogens with zero attached hydrogens (tertiary/aromatic N) is 2. The van der Waals surface area contributed by atoms with E-state index in [1.54, 1.807) is 0 Å². The van der Waals surface area contributed by atoms with Crippen molar-refractivity contribution in [3.05, 3.63) is 29.3 Å². The molecule has 0 saturated carbocycles. The predicted octanol–water partition coefficient (Wildman–Crippen LogP) is 5.76. The molecule has 3 nitrogen and oxygen atoms in total. The predicted molar refractivity (Wildman–Crippen MR) is 109 cm³/mol. The topological polar surface area (TPSA) is 26.7 Å². The zero-order valence-electron chi connectivity index (χ0n) is 17.4. The van der Waals surface area contributed by atoms with Gasteiger partial charge in [0.05, 0.1) is 0 Å². The minimum atomic E-state index is 0.305. The van der Waals surface area contributed by atoms with Gasteiger partial charge in [0.25, 0.3) is 0 Å². The van der Waals surface area contributed by atoms with Crippen LogP contribution in [0.3, 0.4) is 0 Å². The number of hydrogen-bond donors (Lipinski definition) is 1. The largest absolute Gasteiger partial charge is 0.508 e. The van der Waals surface area contributed by atoms with Gasteiger partial charge in [-0.25, -0.2) is 0 Å². The first-order chi connectivity index (χ1) is 12.1. The first-order valence-electron chi connectivity index (χ1n) is 10.4. The number of benzene rings is 1. The van der Waals surface area contributed by atoms with Crippen LogP contribution >= 0.6 is 0 Å². The van der Waals surface area contributed by atoms with E-state index >= 15 is 0 Å². The molecule has 0 saturated heterocycles. The van der Waals surface area contributed by atoms with Crippen LogP contribution in [0, 0.1) is 0 Å². The second kappa shape index (κ2) is 11.5. The van der Waals surface area contributed by atoms with Crippen LogP contribution in [0.25, 0.3) is 0 Å². The van der Waals surface area contributed by atoms with Crippen molar-refractivity contribution in [3.8, 4) is 5.75 Å². The van der Waals surface area contributed by atoms with Crippen LogP contribution in [0.15, 0.2) is 18.2 Å². The molecule has 0 aliphatic rings. The van der Waals surface area contributed by atoms with Gasteiger partial charge >= 0.3 is 0 Å². The third-order valence-corrected chi connectivity index (χ3v) is 5.43. The van der Waals surface area contributed by atoms with E-state index in [1.165, 1.54) is 12.0 Å². The van der Waals surface area contributed by atoms with Gasteiger partial charge in [-0.3, -0.25) is 9.80 Å². The Bertz CT molecular complexity index is 481. The van der Waals surface area contributed by atoms with Gasteiger partial charge in [-0.1, -0.05) is 60.5 Å². The molecule has 3 heteroatoms. The Labute approximate surface area is 156 Å². The Morgan fingerprint density at radius 2 is 1.24 bits per heavy atom. The Hall–Kier alpha value is -1.06. The van der Waals surface area contributed by atoms with Gasteiger partial charge in [0, 0.05) is 17.6 Å². The second-order valence-corrected chi connectivity index (χ2v) is 6.87. The van der Waals surface area contributed by atoms with Gasteiger partial charge in [0.15, 0.2) is 0 Å². The maximum atomic E-state index is 10.6. The van der Waals surface area contributed by atoms with Gasteiger partial charge in [-0.2, -0.15) is 0 Å². The van der Waals surface area contributed by atoms with Crippen LogP contribution in [0.5, 0.6) is 5.75 Å². The van der Waals surface area contributed by atoms with Crippen LogP contribution in [0.4, 0.5) is 0 Å². The average Bonchev–Trinajstić information content (AvgIpc) is 2.63. The number of rotatable bonds is 12. The maximum absolute atomic E-state index is 10.6. The zero-order valence-corrected chi connectivity index (χ0v) is 17.4. The molecule has 0 bridgehead atoms. The smallest absolute Gasteiger partial charge is 0.120 e. The van der Waals surface area contributed by atoms with E-state index in [-0.39, 0.29) is 0 Å². The van der Waals surface area contributed by atoms with Gasteiger partial charge in [0.2, 0.25) is 0 Å². The van der Waals surface area contributed by atoms with Crippen molar-refractivity contribution in [1.82, 2.24) is 9.80 Å². The lowest BCUT2D eigenvalue weighted by molar-refractivity contribution is 0.198. The molecule has 0 aliphatic carbocycles. The van der Waals surface area contributed by atoms with Crippen molar-refractivity contribution < 1.29 is 5.11 Å². The molecule has 1 aromatic carbocycles. The zero-order chi connectivity index (χ0) is 18.8. The molecule has 0 aliphatic heterocycles. The van der Waals surface area contributed by atoms with Gasteiger partial charge < -0.3 is 5.11 Å². The molecule has 1 aromatic rings. The average molecular weight is 349 g/mol. The molecule has 0 amide bonds. The third kappa shape index (κ3) is 5.72. The summed E-state index contributed by atoms with van der Waals surface area (Å²) in [4.78, 5) is 5.00. The molecule has 0 fully saturated rings. The summed E-state index contributed by atoms with van der Waals surface area (Å²) in [5, 5.41) is 10.6. The Morgan fingerprint density at radius 1 is 0.760 bits per heavy atom.